The van der Waals surface area contributed by atoms with E-state index in [9.17, 15) is 0 Å². The average molecular weight is 221 g/mol. The Morgan fingerprint density at radius 1 is 1.50 bits per heavy atom. The van der Waals surface area contributed by atoms with Crippen LogP contribution in [0.1, 0.15) is 18.1 Å². The Kier molecular flexibility index (Phi) is 3.34. The van der Waals surface area contributed by atoms with Crippen LogP contribution in [0.4, 0.5) is 0 Å². The van der Waals surface area contributed by atoms with E-state index in [1.54, 1.807) is 7.11 Å². The molecule has 0 saturated heterocycles. The molecule has 2 rings (SSSR count). The predicted molar refractivity (Wildman–Crippen MR) is 64.4 cm³/mol. The fourth-order valence-electron chi connectivity index (χ4n) is 2.13. The molecule has 3 heteroatoms. The normalized spacial score (nSPS) is 18.1. The molecule has 0 spiro atoms. The molecule has 1 N–H and O–H groups in total. The molecule has 0 bridgehead atoms. The lowest BCUT2D eigenvalue weighted by molar-refractivity contribution is 0.243. The number of ether oxygens (including phenoxy) is 2. The van der Waals surface area contributed by atoms with Crippen molar-refractivity contribution in [1.29, 1.82) is 0 Å². The van der Waals surface area contributed by atoms with Gasteiger partial charge in [0, 0.05) is 12.0 Å². The number of benzene rings is 1. The van der Waals surface area contributed by atoms with Gasteiger partial charge in [-0.3, -0.25) is 0 Å². The van der Waals surface area contributed by atoms with Gasteiger partial charge in [-0.2, -0.15) is 0 Å². The summed E-state index contributed by atoms with van der Waals surface area (Å²) in [5, 5.41) is 3.16. The van der Waals surface area contributed by atoms with Gasteiger partial charge in [0.1, 0.15) is 6.10 Å². The van der Waals surface area contributed by atoms with Gasteiger partial charge in [0.05, 0.1) is 7.11 Å². The van der Waals surface area contributed by atoms with Crippen molar-refractivity contribution in [1.82, 2.24) is 5.32 Å². The van der Waals surface area contributed by atoms with E-state index in [0.29, 0.717) is 0 Å². The van der Waals surface area contributed by atoms with E-state index in [1.165, 1.54) is 11.1 Å². The zero-order valence-corrected chi connectivity index (χ0v) is 10.2. The van der Waals surface area contributed by atoms with Crippen LogP contribution in [0.25, 0.3) is 0 Å². The first-order valence-corrected chi connectivity index (χ1v) is 5.75. The zero-order chi connectivity index (χ0) is 11.5. The molecule has 1 heterocycles. The highest BCUT2D eigenvalue weighted by molar-refractivity contribution is 5.52. The smallest absolute Gasteiger partial charge is 0.164 e. The molecule has 0 fully saturated rings. The van der Waals surface area contributed by atoms with Crippen molar-refractivity contribution in [3.05, 3.63) is 23.3 Å². The Morgan fingerprint density at radius 3 is 3.00 bits per heavy atom. The van der Waals surface area contributed by atoms with Gasteiger partial charge in [0.25, 0.3) is 0 Å². The second kappa shape index (κ2) is 4.74. The number of methoxy groups -OCH3 is 1. The molecule has 1 aliphatic rings. The maximum absolute atomic E-state index is 5.75. The maximum Gasteiger partial charge on any atom is 0.164 e. The fourth-order valence-corrected chi connectivity index (χ4v) is 2.13. The minimum Gasteiger partial charge on any atom is -0.493 e. The van der Waals surface area contributed by atoms with Crippen molar-refractivity contribution in [2.45, 2.75) is 25.9 Å². The summed E-state index contributed by atoms with van der Waals surface area (Å²) < 4.78 is 11.1. The quantitative estimate of drug-likeness (QED) is 0.840. The van der Waals surface area contributed by atoms with E-state index in [0.717, 1.165) is 30.9 Å². The molecule has 0 radical (unpaired) electrons. The Morgan fingerprint density at radius 2 is 2.31 bits per heavy atom. The lowest BCUT2D eigenvalue weighted by Crippen LogP contribution is -2.10. The van der Waals surface area contributed by atoms with Crippen molar-refractivity contribution >= 4 is 0 Å². The third-order valence-corrected chi connectivity index (χ3v) is 2.90. The molecule has 1 aliphatic heterocycles. The van der Waals surface area contributed by atoms with Gasteiger partial charge in [-0.25, -0.2) is 0 Å². The molecule has 0 aliphatic carbocycles. The van der Waals surface area contributed by atoms with Crippen molar-refractivity contribution < 1.29 is 9.47 Å². The van der Waals surface area contributed by atoms with Crippen molar-refractivity contribution in [2.24, 2.45) is 0 Å². The van der Waals surface area contributed by atoms with E-state index in [2.05, 4.69) is 24.4 Å². The molecular weight excluding hydrogens is 202 g/mol. The molecule has 1 aromatic carbocycles. The van der Waals surface area contributed by atoms with Crippen LogP contribution < -0.4 is 14.8 Å². The lowest BCUT2D eigenvalue weighted by Gasteiger charge is -2.10. The largest absolute Gasteiger partial charge is 0.493 e. The summed E-state index contributed by atoms with van der Waals surface area (Å²) in [6.07, 6.45) is 2.27. The number of hydrogen-bond acceptors (Lipinski definition) is 3. The maximum atomic E-state index is 5.75. The zero-order valence-electron chi connectivity index (χ0n) is 10.2. The van der Waals surface area contributed by atoms with Crippen LogP contribution in [-0.2, 0) is 12.8 Å². The molecule has 1 aromatic rings. The minimum atomic E-state index is 0.267. The molecule has 1 unspecified atom stereocenters. The number of rotatable bonds is 4. The summed E-state index contributed by atoms with van der Waals surface area (Å²) in [5.41, 5.74) is 2.58. The van der Waals surface area contributed by atoms with Crippen LogP contribution in [0, 0.1) is 0 Å². The van der Waals surface area contributed by atoms with Gasteiger partial charge in [-0.15, -0.1) is 0 Å². The number of hydrogen-bond donors (Lipinski definition) is 1. The second-order valence-corrected chi connectivity index (χ2v) is 4.27. The van der Waals surface area contributed by atoms with Gasteiger partial charge in [-0.05, 0) is 38.6 Å². The van der Waals surface area contributed by atoms with E-state index in [-0.39, 0.29) is 6.10 Å². The van der Waals surface area contributed by atoms with Crippen LogP contribution in [0.2, 0.25) is 0 Å². The summed E-state index contributed by atoms with van der Waals surface area (Å²) in [4.78, 5) is 0. The first kappa shape index (κ1) is 11.3. The molecule has 1 atom stereocenters. The molecule has 0 aromatic heterocycles. The van der Waals surface area contributed by atoms with Gasteiger partial charge >= 0.3 is 0 Å². The molecule has 3 nitrogen and oxygen atoms in total. The van der Waals surface area contributed by atoms with E-state index >= 15 is 0 Å². The lowest BCUT2D eigenvalue weighted by atomic mass is 10.0. The highest BCUT2D eigenvalue weighted by Gasteiger charge is 2.23. The highest BCUT2D eigenvalue weighted by Crippen LogP contribution is 2.38. The summed E-state index contributed by atoms with van der Waals surface area (Å²) in [7, 11) is 3.67. The highest BCUT2D eigenvalue weighted by atomic mass is 16.5. The van der Waals surface area contributed by atoms with Crippen LogP contribution in [0.15, 0.2) is 12.1 Å². The Bertz CT molecular complexity index is 376. The van der Waals surface area contributed by atoms with Gasteiger partial charge < -0.3 is 14.8 Å². The van der Waals surface area contributed by atoms with E-state index < -0.39 is 0 Å². The SMILES string of the molecule is CNCCc1cc2c(c(OC)c1)OC(C)C2. The van der Waals surface area contributed by atoms with Crippen molar-refractivity contribution in [3.8, 4) is 11.5 Å². The van der Waals surface area contributed by atoms with Crippen LogP contribution in [0.5, 0.6) is 11.5 Å². The molecular formula is C13H19NO2. The van der Waals surface area contributed by atoms with Gasteiger partial charge in [-0.1, -0.05) is 6.07 Å². The van der Waals surface area contributed by atoms with Gasteiger partial charge in [0.2, 0.25) is 0 Å². The minimum absolute atomic E-state index is 0.267. The average Bonchev–Trinajstić information content (AvgIpc) is 2.65. The molecule has 0 amide bonds. The second-order valence-electron chi connectivity index (χ2n) is 4.27. The fraction of sp³-hybridized carbons (Fsp3) is 0.538. The van der Waals surface area contributed by atoms with Crippen LogP contribution in [-0.4, -0.2) is 26.8 Å². The molecule has 88 valence electrons. The van der Waals surface area contributed by atoms with E-state index in [4.69, 9.17) is 9.47 Å². The summed E-state index contributed by atoms with van der Waals surface area (Å²) in [6, 6.07) is 4.31. The Balaban J connectivity index is 2.28. The van der Waals surface area contributed by atoms with Crippen molar-refractivity contribution in [3.63, 3.8) is 0 Å². The monoisotopic (exact) mass is 221 g/mol. The summed E-state index contributed by atoms with van der Waals surface area (Å²) >= 11 is 0. The third-order valence-electron chi connectivity index (χ3n) is 2.90. The third kappa shape index (κ3) is 2.14. The number of likely N-dealkylation sites (N-methyl/N-ethyl adjacent to an activating group) is 1. The first-order valence-electron chi connectivity index (χ1n) is 5.75. The van der Waals surface area contributed by atoms with Crippen molar-refractivity contribution in [2.75, 3.05) is 20.7 Å². The molecule has 16 heavy (non-hydrogen) atoms. The Labute approximate surface area is 96.8 Å². The number of fused-ring (bicyclic) bond motifs is 1. The van der Waals surface area contributed by atoms with Crippen LogP contribution in [0.3, 0.4) is 0 Å². The van der Waals surface area contributed by atoms with Crippen LogP contribution >= 0.6 is 0 Å². The summed E-state index contributed by atoms with van der Waals surface area (Å²) in [6.45, 7) is 3.07. The topological polar surface area (TPSA) is 30.5 Å². The number of nitrogens with one attached hydrogen (secondary N) is 1. The van der Waals surface area contributed by atoms with Gasteiger partial charge in [0.15, 0.2) is 11.5 Å². The molecule has 0 saturated carbocycles. The summed E-state index contributed by atoms with van der Waals surface area (Å²) in [5.74, 6) is 1.80. The standard InChI is InChI=1S/C13H19NO2/c1-9-6-11-7-10(4-5-14-2)8-12(15-3)13(11)16-9/h7-9,14H,4-6H2,1-3H3. The first-order chi connectivity index (χ1) is 7.74. The predicted octanol–water partition coefficient (Wildman–Crippen LogP) is 1.78. The Hall–Kier alpha value is -1.22. The van der Waals surface area contributed by atoms with E-state index in [1.807, 2.05) is 7.05 Å².